The summed E-state index contributed by atoms with van der Waals surface area (Å²) < 4.78 is 9.52. The van der Waals surface area contributed by atoms with Gasteiger partial charge in [-0.2, -0.15) is 0 Å². The number of hydrogen-bond donors (Lipinski definition) is 4. The van der Waals surface area contributed by atoms with Crippen molar-refractivity contribution in [2.24, 2.45) is 14.1 Å². The topological polar surface area (TPSA) is 273 Å². The van der Waals surface area contributed by atoms with E-state index in [0.717, 1.165) is 19.6 Å². The van der Waals surface area contributed by atoms with E-state index in [0.29, 0.717) is 18.4 Å². The molecule has 1 saturated heterocycles. The highest BCUT2D eigenvalue weighted by Gasteiger charge is 2.33. The second kappa shape index (κ2) is 26.1. The molecule has 2 atom stereocenters. The lowest BCUT2D eigenvalue weighted by Gasteiger charge is -2.26. The van der Waals surface area contributed by atoms with E-state index in [4.69, 9.17) is 14.4 Å². The fourth-order valence-electron chi connectivity index (χ4n) is 9.01. The summed E-state index contributed by atoms with van der Waals surface area (Å²) in [6.07, 6.45) is 1.09. The molecule has 4 N–H and O–H groups in total. The van der Waals surface area contributed by atoms with Crippen molar-refractivity contribution in [1.29, 1.82) is 0 Å². The average molecular weight is 1080 g/mol. The van der Waals surface area contributed by atoms with Crippen LogP contribution in [-0.4, -0.2) is 128 Å². The van der Waals surface area contributed by atoms with Crippen LogP contribution < -0.4 is 53.2 Å². The van der Waals surface area contributed by atoms with E-state index in [1.165, 1.54) is 89.1 Å². The highest BCUT2D eigenvalue weighted by Crippen LogP contribution is 2.13. The van der Waals surface area contributed by atoms with Crippen LogP contribution in [0, 0.1) is 0 Å². The first-order chi connectivity index (χ1) is 38.2. The predicted molar refractivity (Wildman–Crippen MR) is 286 cm³/mol. The first kappa shape index (κ1) is 55.8. The van der Waals surface area contributed by atoms with Gasteiger partial charge in [0, 0.05) is 65.5 Å². The second-order valence-corrected chi connectivity index (χ2v) is 18.8. The molecule has 4 aliphatic heterocycles. The number of nitrogens with one attached hydrogen (secondary N) is 4. The van der Waals surface area contributed by atoms with Crippen molar-refractivity contribution in [2.45, 2.75) is 51.0 Å². The molecule has 2 aromatic carbocycles. The molecule has 0 aliphatic carbocycles. The molecule has 0 saturated carbocycles. The summed E-state index contributed by atoms with van der Waals surface area (Å²) in [4.78, 5) is 152. The maximum Gasteiger partial charge on any atom is 0.296 e. The van der Waals surface area contributed by atoms with E-state index >= 15 is 0 Å². The standard InChI is InChI=1S/C56H60N10O13/c1-61-45(19-11-21-47(61)67)55(75)63-29-9-10-30-64(56(76)46-20-12-22-48(68)65(46)78-33-37-15-5-3-6-16-37)32-13-27-57-51(71)43-25-23-39(53(73)62(43)2)49(69)59-41-35-77-36-42(41)60-50(70)40-24-26-44(52(72)58-28-14-31-63)66(54(40)74)79-34-38-17-7-4-8-18-38/h3-8,11-12,15-26,41-42H,9-10,13-14,27-36H2,1-2H3,(H,57,71)(H,58,72)(H,59,69)(H,60,70)/t41-,42+/m1/s1. The number of amides is 6. The molecule has 23 nitrogen and oxygen atoms in total. The van der Waals surface area contributed by atoms with Crippen molar-refractivity contribution in [3.05, 3.63) is 208 Å². The van der Waals surface area contributed by atoms with Gasteiger partial charge in [-0.05, 0) is 73.2 Å². The van der Waals surface area contributed by atoms with Gasteiger partial charge in [-0.25, -0.2) is 0 Å². The maximum atomic E-state index is 14.5. The molecule has 79 heavy (non-hydrogen) atoms. The summed E-state index contributed by atoms with van der Waals surface area (Å²) in [6.45, 7) is 0.167. The summed E-state index contributed by atoms with van der Waals surface area (Å²) in [6, 6.07) is 29.6. The summed E-state index contributed by atoms with van der Waals surface area (Å²) >= 11 is 0. The van der Waals surface area contributed by atoms with Gasteiger partial charge < -0.3 is 54.6 Å². The molecular formula is C56H60N10O13. The van der Waals surface area contributed by atoms with Crippen LogP contribution in [0.2, 0.25) is 0 Å². The monoisotopic (exact) mass is 1080 g/mol. The molecule has 4 aliphatic rings. The smallest absolute Gasteiger partial charge is 0.296 e. The van der Waals surface area contributed by atoms with E-state index in [9.17, 15) is 47.9 Å². The lowest BCUT2D eigenvalue weighted by Crippen LogP contribution is -2.52. The zero-order valence-electron chi connectivity index (χ0n) is 43.6. The molecule has 0 radical (unpaired) electrons. The Kier molecular flexibility index (Phi) is 18.5. The highest BCUT2D eigenvalue weighted by atomic mass is 16.7. The van der Waals surface area contributed by atoms with Crippen LogP contribution in [0.25, 0.3) is 0 Å². The summed E-state index contributed by atoms with van der Waals surface area (Å²) in [7, 11) is 2.81. The van der Waals surface area contributed by atoms with Gasteiger partial charge in [-0.1, -0.05) is 72.8 Å². The molecule has 4 bridgehead atoms. The summed E-state index contributed by atoms with van der Waals surface area (Å²) in [5.41, 5.74) is -2.27. The number of carbonyl (C=O) groups excluding carboxylic acids is 6. The fraction of sp³-hybridized carbons (Fsp3) is 0.321. The number of fused-ring (bicyclic) bond motifs is 2. The number of ether oxygens (including phenoxy) is 1. The Labute approximate surface area is 452 Å². The van der Waals surface area contributed by atoms with Gasteiger partial charge in [0.25, 0.3) is 57.7 Å². The van der Waals surface area contributed by atoms with Gasteiger partial charge in [-0.15, -0.1) is 9.46 Å². The number of hydrogen-bond acceptors (Lipinski definition) is 13. The SMILES string of the molecule is Cn1c(C(=O)N2CCCCN(C(=O)c3cccc(=O)n3OCc3ccccc3)CCCNC(=O)c3ccc(c(=O)n3C)C(=O)N[C@@H]3COC[C@@H]3NC(=O)c3ccc(n(OCc4ccccc4)c3=O)C(=O)NCCC2)cccc1=O. The number of rotatable bonds is 8. The van der Waals surface area contributed by atoms with Crippen molar-refractivity contribution in [1.82, 2.24) is 49.7 Å². The Morgan fingerprint density at radius 3 is 1.52 bits per heavy atom. The van der Waals surface area contributed by atoms with Gasteiger partial charge >= 0.3 is 0 Å². The molecule has 412 valence electrons. The maximum absolute atomic E-state index is 14.5. The third kappa shape index (κ3) is 13.6. The van der Waals surface area contributed by atoms with E-state index < -0.39 is 75.3 Å². The van der Waals surface area contributed by atoms with Crippen LogP contribution in [0.5, 0.6) is 0 Å². The van der Waals surface area contributed by atoms with Gasteiger partial charge in [0.15, 0.2) is 0 Å². The van der Waals surface area contributed by atoms with Crippen molar-refractivity contribution >= 4 is 35.4 Å². The molecule has 10 rings (SSSR count). The first-order valence-electron chi connectivity index (χ1n) is 25.7. The van der Waals surface area contributed by atoms with E-state index in [1.807, 2.05) is 30.3 Å². The third-order valence-electron chi connectivity index (χ3n) is 13.4. The van der Waals surface area contributed by atoms with E-state index in [1.54, 1.807) is 30.3 Å². The molecule has 6 amide bonds. The first-order valence-corrected chi connectivity index (χ1v) is 25.7. The summed E-state index contributed by atoms with van der Waals surface area (Å²) in [5, 5.41) is 11.0. The second-order valence-electron chi connectivity index (χ2n) is 18.8. The average Bonchev–Trinajstić information content (AvgIpc) is 3.90. The molecule has 23 heteroatoms. The Bertz CT molecular complexity index is 3470. The molecule has 0 spiro atoms. The molecule has 8 heterocycles. The van der Waals surface area contributed by atoms with Gasteiger partial charge in [0.1, 0.15) is 47.1 Å². The Morgan fingerprint density at radius 2 is 0.949 bits per heavy atom. The lowest BCUT2D eigenvalue weighted by atomic mass is 10.1. The third-order valence-corrected chi connectivity index (χ3v) is 13.4. The van der Waals surface area contributed by atoms with E-state index in [-0.39, 0.29) is 107 Å². The number of pyridine rings is 4. The number of nitrogens with zero attached hydrogens (tertiary/aromatic N) is 6. The molecule has 1 fully saturated rings. The number of aromatic nitrogens is 4. The van der Waals surface area contributed by atoms with Crippen molar-refractivity contribution in [2.75, 3.05) is 52.5 Å². The van der Waals surface area contributed by atoms with Gasteiger partial charge in [-0.3, -0.25) is 47.9 Å². The normalized spacial score (nSPS) is 17.2. The minimum absolute atomic E-state index is 0.000245. The van der Waals surface area contributed by atoms with Gasteiger partial charge in [0.05, 0.1) is 25.3 Å². The van der Waals surface area contributed by atoms with Crippen LogP contribution in [0.15, 0.2) is 141 Å². The number of carbonyl (C=O) groups is 6. The zero-order chi connectivity index (χ0) is 56.0. The van der Waals surface area contributed by atoms with Crippen LogP contribution in [0.3, 0.4) is 0 Å². The number of benzene rings is 2. The highest BCUT2D eigenvalue weighted by molar-refractivity contribution is 5.98. The Hall–Kier alpha value is -9.38. The van der Waals surface area contributed by atoms with Crippen LogP contribution >= 0.6 is 0 Å². The van der Waals surface area contributed by atoms with Crippen LogP contribution in [0.4, 0.5) is 0 Å². The Morgan fingerprint density at radius 1 is 0.481 bits per heavy atom. The molecular weight excluding hydrogens is 1020 g/mol. The fourth-order valence-corrected chi connectivity index (χ4v) is 9.01. The minimum Gasteiger partial charge on any atom is -0.405 e. The van der Waals surface area contributed by atoms with Crippen LogP contribution in [-0.2, 0) is 32.0 Å². The predicted octanol–water partition coefficient (Wildman–Crippen LogP) is 0.911. The lowest BCUT2D eigenvalue weighted by molar-refractivity contribution is 0.0576. The van der Waals surface area contributed by atoms with Gasteiger partial charge in [0.2, 0.25) is 0 Å². The van der Waals surface area contributed by atoms with Crippen molar-refractivity contribution in [3.63, 3.8) is 0 Å². The van der Waals surface area contributed by atoms with Crippen LogP contribution in [0.1, 0.15) is 99.5 Å². The minimum atomic E-state index is -0.965. The molecule has 4 aromatic heterocycles. The molecule has 6 aromatic rings. The van der Waals surface area contributed by atoms with E-state index in [2.05, 4.69) is 21.3 Å². The largest absolute Gasteiger partial charge is 0.405 e. The molecule has 0 unspecified atom stereocenters. The quantitative estimate of drug-likeness (QED) is 0.165. The van der Waals surface area contributed by atoms with Crippen molar-refractivity contribution < 1.29 is 43.2 Å². The summed E-state index contributed by atoms with van der Waals surface area (Å²) in [5.74, 6) is -4.06. The Balaban J connectivity index is 1.08. The zero-order valence-corrected chi connectivity index (χ0v) is 43.6. The van der Waals surface area contributed by atoms with Crippen molar-refractivity contribution in [3.8, 4) is 0 Å².